The van der Waals surface area contributed by atoms with Crippen LogP contribution in [0.5, 0.6) is 0 Å². The van der Waals surface area contributed by atoms with Crippen LogP contribution >= 0.6 is 0 Å². The molecule has 3 unspecified atom stereocenters. The Morgan fingerprint density at radius 1 is 1.25 bits per heavy atom. The Morgan fingerprint density at radius 2 is 1.88 bits per heavy atom. The molecule has 16 heavy (non-hydrogen) atoms. The third-order valence-corrected chi connectivity index (χ3v) is 3.33. The summed E-state index contributed by atoms with van der Waals surface area (Å²) in [6.07, 6.45) is 1.45. The molecule has 90 valence electrons. The Morgan fingerprint density at radius 3 is 2.38 bits per heavy atom. The summed E-state index contributed by atoms with van der Waals surface area (Å²) in [6.45, 7) is 4.80. The molecule has 2 nitrogen and oxygen atoms in total. The SMILES string of the molecule is CCC(CN)C(O)CC(C)c1ccccc1. The molecule has 1 aromatic carbocycles. The van der Waals surface area contributed by atoms with Crippen molar-refractivity contribution in [1.29, 1.82) is 0 Å². The summed E-state index contributed by atoms with van der Waals surface area (Å²) < 4.78 is 0. The molecule has 0 bridgehead atoms. The maximum Gasteiger partial charge on any atom is 0.0586 e. The van der Waals surface area contributed by atoms with Crippen LogP contribution in [0.1, 0.15) is 38.2 Å². The summed E-state index contributed by atoms with van der Waals surface area (Å²) in [4.78, 5) is 0. The average molecular weight is 221 g/mol. The van der Waals surface area contributed by atoms with Crippen molar-refractivity contribution in [2.75, 3.05) is 6.54 Å². The van der Waals surface area contributed by atoms with Crippen LogP contribution in [0.4, 0.5) is 0 Å². The molecule has 3 N–H and O–H groups in total. The highest BCUT2D eigenvalue weighted by molar-refractivity contribution is 5.18. The maximum atomic E-state index is 10.1. The van der Waals surface area contributed by atoms with Crippen LogP contribution in [-0.2, 0) is 0 Å². The van der Waals surface area contributed by atoms with E-state index in [0.29, 0.717) is 12.5 Å². The second kappa shape index (κ2) is 6.66. The Kier molecular flexibility index (Phi) is 5.50. The standard InChI is InChI=1S/C14H23NO/c1-3-12(10-15)14(16)9-11(2)13-7-5-4-6-8-13/h4-8,11-12,14,16H,3,9-10,15H2,1-2H3. The van der Waals surface area contributed by atoms with Gasteiger partial charge in [0, 0.05) is 0 Å². The van der Waals surface area contributed by atoms with Gasteiger partial charge in [0.25, 0.3) is 0 Å². The molecule has 0 aliphatic heterocycles. The highest BCUT2D eigenvalue weighted by Crippen LogP contribution is 2.23. The molecule has 0 aliphatic rings. The van der Waals surface area contributed by atoms with Crippen LogP contribution in [-0.4, -0.2) is 17.8 Å². The normalized spacial score (nSPS) is 16.8. The van der Waals surface area contributed by atoms with Crippen LogP contribution in [0.15, 0.2) is 30.3 Å². The van der Waals surface area contributed by atoms with E-state index in [4.69, 9.17) is 5.73 Å². The lowest BCUT2D eigenvalue weighted by atomic mass is 9.88. The van der Waals surface area contributed by atoms with Crippen LogP contribution in [0.3, 0.4) is 0 Å². The lowest BCUT2D eigenvalue weighted by Crippen LogP contribution is -2.28. The number of nitrogens with two attached hydrogens (primary N) is 1. The molecule has 1 aromatic rings. The van der Waals surface area contributed by atoms with Crippen LogP contribution < -0.4 is 5.73 Å². The fourth-order valence-corrected chi connectivity index (χ4v) is 2.07. The van der Waals surface area contributed by atoms with Crippen molar-refractivity contribution < 1.29 is 5.11 Å². The molecule has 0 saturated heterocycles. The third-order valence-electron chi connectivity index (χ3n) is 3.33. The molecule has 0 aromatic heterocycles. The number of benzene rings is 1. The minimum Gasteiger partial charge on any atom is -0.393 e. The van der Waals surface area contributed by atoms with Gasteiger partial charge in [0.15, 0.2) is 0 Å². The van der Waals surface area contributed by atoms with Gasteiger partial charge in [-0.15, -0.1) is 0 Å². The van der Waals surface area contributed by atoms with E-state index in [9.17, 15) is 5.11 Å². The van der Waals surface area contributed by atoms with E-state index in [1.165, 1.54) is 5.56 Å². The number of rotatable bonds is 6. The zero-order chi connectivity index (χ0) is 12.0. The van der Waals surface area contributed by atoms with Gasteiger partial charge in [-0.2, -0.15) is 0 Å². The first-order valence-electron chi connectivity index (χ1n) is 6.12. The minimum atomic E-state index is -0.287. The first-order chi connectivity index (χ1) is 7.69. The zero-order valence-corrected chi connectivity index (χ0v) is 10.3. The second-order valence-electron chi connectivity index (χ2n) is 4.52. The summed E-state index contributed by atoms with van der Waals surface area (Å²) in [6, 6.07) is 10.3. The van der Waals surface area contributed by atoms with Gasteiger partial charge in [0.05, 0.1) is 6.10 Å². The van der Waals surface area contributed by atoms with Crippen LogP contribution in [0, 0.1) is 5.92 Å². The number of hydrogen-bond donors (Lipinski definition) is 2. The summed E-state index contributed by atoms with van der Waals surface area (Å²) in [5.74, 6) is 0.614. The van der Waals surface area contributed by atoms with Crippen molar-refractivity contribution in [3.8, 4) is 0 Å². The van der Waals surface area contributed by atoms with Crippen molar-refractivity contribution in [3.63, 3.8) is 0 Å². The van der Waals surface area contributed by atoms with Gasteiger partial charge in [0.1, 0.15) is 0 Å². The topological polar surface area (TPSA) is 46.2 Å². The fraction of sp³-hybridized carbons (Fsp3) is 0.571. The fourth-order valence-electron chi connectivity index (χ4n) is 2.07. The Bertz CT molecular complexity index is 282. The lowest BCUT2D eigenvalue weighted by Gasteiger charge is -2.23. The van der Waals surface area contributed by atoms with Crippen LogP contribution in [0.2, 0.25) is 0 Å². The van der Waals surface area contributed by atoms with E-state index in [1.54, 1.807) is 0 Å². The largest absolute Gasteiger partial charge is 0.393 e. The van der Waals surface area contributed by atoms with Crippen molar-refractivity contribution in [2.24, 2.45) is 11.7 Å². The molecule has 0 fully saturated rings. The van der Waals surface area contributed by atoms with Crippen molar-refractivity contribution in [2.45, 2.75) is 38.7 Å². The Hall–Kier alpha value is -0.860. The van der Waals surface area contributed by atoms with Gasteiger partial charge >= 0.3 is 0 Å². The third kappa shape index (κ3) is 3.62. The van der Waals surface area contributed by atoms with Gasteiger partial charge in [-0.05, 0) is 36.8 Å². The number of aliphatic hydroxyl groups is 1. The van der Waals surface area contributed by atoms with E-state index in [2.05, 4.69) is 26.0 Å². The van der Waals surface area contributed by atoms with E-state index < -0.39 is 0 Å². The second-order valence-corrected chi connectivity index (χ2v) is 4.52. The first kappa shape index (κ1) is 13.2. The highest BCUT2D eigenvalue weighted by Gasteiger charge is 2.19. The predicted molar refractivity (Wildman–Crippen MR) is 68.3 cm³/mol. The first-order valence-corrected chi connectivity index (χ1v) is 6.12. The van der Waals surface area contributed by atoms with E-state index in [-0.39, 0.29) is 12.0 Å². The molecule has 0 spiro atoms. The van der Waals surface area contributed by atoms with Crippen molar-refractivity contribution >= 4 is 0 Å². The predicted octanol–water partition coefficient (Wildman–Crippen LogP) is 2.53. The highest BCUT2D eigenvalue weighted by atomic mass is 16.3. The summed E-state index contributed by atoms with van der Waals surface area (Å²) >= 11 is 0. The summed E-state index contributed by atoms with van der Waals surface area (Å²) in [5.41, 5.74) is 6.92. The summed E-state index contributed by atoms with van der Waals surface area (Å²) in [5, 5.41) is 10.1. The lowest BCUT2D eigenvalue weighted by molar-refractivity contribution is 0.0945. The Balaban J connectivity index is 2.54. The molecular weight excluding hydrogens is 198 g/mol. The number of aliphatic hydroxyl groups excluding tert-OH is 1. The molecular formula is C14H23NO. The quantitative estimate of drug-likeness (QED) is 0.775. The molecule has 0 saturated carbocycles. The molecule has 1 rings (SSSR count). The van der Waals surface area contributed by atoms with Gasteiger partial charge in [-0.3, -0.25) is 0 Å². The molecule has 3 atom stereocenters. The van der Waals surface area contributed by atoms with Gasteiger partial charge < -0.3 is 10.8 Å². The van der Waals surface area contributed by atoms with Gasteiger partial charge in [-0.1, -0.05) is 44.2 Å². The smallest absolute Gasteiger partial charge is 0.0586 e. The van der Waals surface area contributed by atoms with E-state index in [0.717, 1.165) is 12.8 Å². The maximum absolute atomic E-state index is 10.1. The van der Waals surface area contributed by atoms with Gasteiger partial charge in [0.2, 0.25) is 0 Å². The van der Waals surface area contributed by atoms with Crippen molar-refractivity contribution in [1.82, 2.24) is 0 Å². The monoisotopic (exact) mass is 221 g/mol. The average Bonchev–Trinajstić information content (AvgIpc) is 2.31. The molecule has 0 amide bonds. The summed E-state index contributed by atoms with van der Waals surface area (Å²) in [7, 11) is 0. The minimum absolute atomic E-state index is 0.228. The number of hydrogen-bond acceptors (Lipinski definition) is 2. The van der Waals surface area contributed by atoms with Crippen LogP contribution in [0.25, 0.3) is 0 Å². The molecule has 0 radical (unpaired) electrons. The molecule has 0 heterocycles. The molecule has 2 heteroatoms. The van der Waals surface area contributed by atoms with Gasteiger partial charge in [-0.25, -0.2) is 0 Å². The van der Waals surface area contributed by atoms with Crippen molar-refractivity contribution in [3.05, 3.63) is 35.9 Å². The van der Waals surface area contributed by atoms with E-state index >= 15 is 0 Å². The van der Waals surface area contributed by atoms with E-state index in [1.807, 2.05) is 18.2 Å². The molecule has 0 aliphatic carbocycles. The zero-order valence-electron chi connectivity index (χ0n) is 10.3. The Labute approximate surface area is 98.5 Å².